The zero-order chi connectivity index (χ0) is 32.4. The third-order valence-electron chi connectivity index (χ3n) is 11.4. The Morgan fingerprint density at radius 2 is 1.17 bits per heavy atom. The minimum Gasteiger partial charge on any atom is -1.00 e. The van der Waals surface area contributed by atoms with E-state index in [1.54, 1.807) is 28.8 Å². The molecule has 0 nitrogen and oxygen atoms in total. The first-order chi connectivity index (χ1) is 21.0. The van der Waals surface area contributed by atoms with Crippen LogP contribution in [0.15, 0.2) is 87.3 Å². The van der Waals surface area contributed by atoms with E-state index in [1.165, 1.54) is 50.1 Å². The largest absolute Gasteiger partial charge is 1.00 e. The molecule has 0 fully saturated rings. The number of benzene rings is 3. The predicted molar refractivity (Wildman–Crippen MR) is 193 cm³/mol. The molecule has 244 valence electrons. The first kappa shape index (κ1) is 36.2. The van der Waals surface area contributed by atoms with Crippen LogP contribution in [0.5, 0.6) is 0 Å². The van der Waals surface area contributed by atoms with Gasteiger partial charge in [-0.15, -0.1) is 0 Å². The Kier molecular flexibility index (Phi) is 9.31. The standard InChI is InChI=1S/C25H25.C11H17.C8H8.2ClH.Zr/c1-14-12-24(3,4)22-8-16-7-17-9-23-19(15(2)13-25(23,5)6)11-21(17)20(16)10-18(14)22;1-8-6-9(2)10(7-8)11(3,4)5;1-2-8-6-4-3-5-7-8;;;/h7-13H,1-6H3;7-8H,1-5H3;3-7H,1H3;2*1H;/q;;;;;+2/p-2. The molecule has 0 amide bonds. The van der Waals surface area contributed by atoms with Crippen molar-refractivity contribution in [2.45, 2.75) is 97.5 Å². The van der Waals surface area contributed by atoms with Crippen LogP contribution in [0.2, 0.25) is 0 Å². The number of fused-ring (bicyclic) bond motifs is 5. The van der Waals surface area contributed by atoms with Crippen LogP contribution in [-0.2, 0) is 32.1 Å². The van der Waals surface area contributed by atoms with E-state index in [4.69, 9.17) is 0 Å². The molecular weight excluding hydrogens is 691 g/mol. The number of hydrogen-bond acceptors (Lipinski definition) is 0. The Bertz CT molecular complexity index is 1880. The molecule has 0 aliphatic heterocycles. The van der Waals surface area contributed by atoms with Crippen LogP contribution in [0.3, 0.4) is 0 Å². The van der Waals surface area contributed by atoms with Crippen LogP contribution in [0.1, 0.15) is 126 Å². The van der Waals surface area contributed by atoms with Gasteiger partial charge in [-0.3, -0.25) is 0 Å². The third-order valence-corrected chi connectivity index (χ3v) is 20.5. The van der Waals surface area contributed by atoms with E-state index in [0.717, 1.165) is 0 Å². The van der Waals surface area contributed by atoms with Crippen LogP contribution in [0.25, 0.3) is 22.3 Å². The maximum Gasteiger partial charge on any atom is -1.00 e. The molecular formula is C44H50Cl2Zr. The molecule has 3 heteroatoms. The fourth-order valence-electron chi connectivity index (χ4n) is 9.39. The summed E-state index contributed by atoms with van der Waals surface area (Å²) in [7, 11) is 0. The maximum atomic E-state index is 2.67. The molecule has 0 spiro atoms. The molecule has 0 aromatic heterocycles. The Hall–Kier alpha value is -2.05. The van der Waals surface area contributed by atoms with Gasteiger partial charge in [0.2, 0.25) is 0 Å². The van der Waals surface area contributed by atoms with Crippen LogP contribution in [0, 0.1) is 11.3 Å². The molecule has 4 aliphatic carbocycles. The fraction of sp³-hybridized carbons (Fsp3) is 0.386. The SMILES string of the molecule is CC1=CC(C)(C)c2cc3c(cc21)-c1cc2c(cc1[CH]3/[Zr+2]([C]1=C(C)C(C(C)(C)C)=CC1C)=[C](\C)c1ccccc1)C(C)(C)C=C2C.[Cl-].[Cl-]. The summed E-state index contributed by atoms with van der Waals surface area (Å²) in [6.07, 6.45) is 7.61. The van der Waals surface area contributed by atoms with E-state index in [2.05, 4.69) is 156 Å². The van der Waals surface area contributed by atoms with Crippen molar-refractivity contribution in [2.24, 2.45) is 11.3 Å². The van der Waals surface area contributed by atoms with Crippen molar-refractivity contribution >= 4 is 14.4 Å². The van der Waals surface area contributed by atoms with Gasteiger partial charge in [0.1, 0.15) is 0 Å². The second kappa shape index (κ2) is 12.1. The van der Waals surface area contributed by atoms with Crippen molar-refractivity contribution < 1.29 is 46.1 Å². The number of rotatable bonds is 3. The van der Waals surface area contributed by atoms with Crippen molar-refractivity contribution in [3.05, 3.63) is 126 Å². The second-order valence-electron chi connectivity index (χ2n) is 16.6. The Morgan fingerprint density at radius 1 is 0.702 bits per heavy atom. The van der Waals surface area contributed by atoms with Crippen LogP contribution < -0.4 is 24.8 Å². The van der Waals surface area contributed by atoms with E-state index in [9.17, 15) is 0 Å². The molecule has 4 aliphatic rings. The molecule has 0 N–H and O–H groups in total. The summed E-state index contributed by atoms with van der Waals surface area (Å²) in [4.78, 5) is 0. The topological polar surface area (TPSA) is 0 Å². The van der Waals surface area contributed by atoms with Crippen LogP contribution in [-0.4, -0.2) is 3.21 Å². The van der Waals surface area contributed by atoms with Crippen molar-refractivity contribution in [3.63, 3.8) is 0 Å². The van der Waals surface area contributed by atoms with E-state index in [0.29, 0.717) is 9.54 Å². The Morgan fingerprint density at radius 3 is 1.60 bits per heavy atom. The van der Waals surface area contributed by atoms with E-state index < -0.39 is 21.3 Å². The quantitative estimate of drug-likeness (QED) is 0.314. The normalized spacial score (nSPS) is 20.3. The Labute approximate surface area is 304 Å². The monoisotopic (exact) mass is 738 g/mol. The summed E-state index contributed by atoms with van der Waals surface area (Å²) in [5.41, 5.74) is 19.8. The molecule has 47 heavy (non-hydrogen) atoms. The van der Waals surface area contributed by atoms with Crippen molar-refractivity contribution in [2.75, 3.05) is 0 Å². The summed E-state index contributed by atoms with van der Waals surface area (Å²) in [6, 6.07) is 21.9. The van der Waals surface area contributed by atoms with Gasteiger partial charge in [-0.1, -0.05) is 0 Å². The van der Waals surface area contributed by atoms with Crippen LogP contribution in [0.4, 0.5) is 0 Å². The summed E-state index contributed by atoms with van der Waals surface area (Å²) in [6.45, 7) is 28.9. The zero-order valence-corrected chi connectivity index (χ0v) is 34.3. The van der Waals surface area contributed by atoms with Gasteiger partial charge in [-0.2, -0.15) is 0 Å². The minimum atomic E-state index is -2.68. The molecule has 1 atom stereocenters. The summed E-state index contributed by atoms with van der Waals surface area (Å²) in [5, 5.41) is 0. The third kappa shape index (κ3) is 5.56. The van der Waals surface area contributed by atoms with Gasteiger partial charge in [0, 0.05) is 0 Å². The smallest absolute Gasteiger partial charge is 1.00 e. The maximum absolute atomic E-state index is 2.68. The van der Waals surface area contributed by atoms with Crippen molar-refractivity contribution in [3.8, 4) is 11.1 Å². The van der Waals surface area contributed by atoms with Gasteiger partial charge in [-0.25, -0.2) is 0 Å². The minimum absolute atomic E-state index is 0. The van der Waals surface area contributed by atoms with Gasteiger partial charge in [0.25, 0.3) is 0 Å². The van der Waals surface area contributed by atoms with E-state index in [-0.39, 0.29) is 41.1 Å². The number of halogens is 2. The number of hydrogen-bond donors (Lipinski definition) is 0. The van der Waals surface area contributed by atoms with Crippen molar-refractivity contribution in [1.82, 2.24) is 0 Å². The van der Waals surface area contributed by atoms with E-state index >= 15 is 0 Å². The van der Waals surface area contributed by atoms with Crippen molar-refractivity contribution in [1.29, 1.82) is 0 Å². The van der Waals surface area contributed by atoms with Gasteiger partial charge in [-0.05, 0) is 0 Å². The summed E-state index contributed by atoms with van der Waals surface area (Å²) in [5.74, 6) is 0.476. The first-order valence-corrected chi connectivity index (χ1v) is 20.9. The fourth-order valence-corrected chi connectivity index (χ4v) is 18.8. The van der Waals surface area contributed by atoms with Gasteiger partial charge >= 0.3 is 282 Å². The molecule has 7 rings (SSSR count). The molecule has 0 radical (unpaired) electrons. The molecule has 3 aromatic rings. The predicted octanol–water partition coefficient (Wildman–Crippen LogP) is 5.91. The second-order valence-corrected chi connectivity index (χ2v) is 23.2. The van der Waals surface area contributed by atoms with Crippen LogP contribution >= 0.6 is 0 Å². The van der Waals surface area contributed by atoms with Gasteiger partial charge in [0.15, 0.2) is 0 Å². The first-order valence-electron chi connectivity index (χ1n) is 17.0. The molecule has 0 saturated heterocycles. The average Bonchev–Trinajstić information content (AvgIpc) is 3.59. The van der Waals surface area contributed by atoms with Gasteiger partial charge < -0.3 is 24.8 Å². The van der Waals surface area contributed by atoms with Gasteiger partial charge in [0.05, 0.1) is 0 Å². The zero-order valence-electron chi connectivity index (χ0n) is 30.3. The molecule has 0 heterocycles. The summed E-state index contributed by atoms with van der Waals surface area (Å²) < 4.78 is 3.92. The summed E-state index contributed by atoms with van der Waals surface area (Å²) >= 11 is -2.68. The van der Waals surface area contributed by atoms with E-state index in [1.807, 2.05) is 0 Å². The average molecular weight is 741 g/mol. The Balaban J connectivity index is 0.00000217. The molecule has 0 bridgehead atoms. The molecule has 1 unspecified atom stereocenters. The number of allylic oxidation sites excluding steroid dienone is 8. The molecule has 0 saturated carbocycles. The molecule has 3 aromatic carbocycles.